The zero-order valence-corrected chi connectivity index (χ0v) is 18.3. The van der Waals surface area contributed by atoms with Crippen molar-refractivity contribution in [3.63, 3.8) is 0 Å². The standard InChI is InChI=1S/C21H25FN4O.HI/c1-23-21(25-13-16-8-10-19(22)11-9-16)24-12-4-7-20(27)26-14-17-5-2-3-6-18(17)15-26;/h2-3,5-6,8-11H,4,7,12-15H2,1H3,(H2,23,24,25);1H. The van der Waals surface area contributed by atoms with E-state index in [0.717, 1.165) is 12.0 Å². The minimum atomic E-state index is -0.243. The molecular formula is C21H26FIN4O. The first kappa shape index (κ1) is 22.1. The van der Waals surface area contributed by atoms with Crippen LogP contribution in [0.15, 0.2) is 53.5 Å². The normalized spacial score (nSPS) is 12.9. The van der Waals surface area contributed by atoms with Crippen LogP contribution in [0.1, 0.15) is 29.5 Å². The number of aliphatic imine (C=N–C) groups is 1. The summed E-state index contributed by atoms with van der Waals surface area (Å²) < 4.78 is 12.9. The van der Waals surface area contributed by atoms with E-state index in [0.29, 0.717) is 38.6 Å². The number of nitrogens with zero attached hydrogens (tertiary/aromatic N) is 2. The Bertz CT molecular complexity index is 785. The van der Waals surface area contributed by atoms with E-state index in [1.54, 1.807) is 19.2 Å². The SMILES string of the molecule is CN=C(NCCCC(=O)N1Cc2ccccc2C1)NCc1ccc(F)cc1.I. The maximum absolute atomic E-state index is 12.9. The summed E-state index contributed by atoms with van der Waals surface area (Å²) >= 11 is 0. The van der Waals surface area contributed by atoms with Gasteiger partial charge in [0.25, 0.3) is 0 Å². The van der Waals surface area contributed by atoms with Crippen LogP contribution in [0.25, 0.3) is 0 Å². The molecule has 2 N–H and O–H groups in total. The Morgan fingerprint density at radius 3 is 2.32 bits per heavy atom. The first-order valence-electron chi connectivity index (χ1n) is 9.19. The van der Waals surface area contributed by atoms with E-state index in [1.807, 2.05) is 17.0 Å². The molecular weight excluding hydrogens is 470 g/mol. The molecule has 0 saturated heterocycles. The van der Waals surface area contributed by atoms with Crippen LogP contribution in [0.3, 0.4) is 0 Å². The fourth-order valence-electron chi connectivity index (χ4n) is 3.12. The zero-order valence-electron chi connectivity index (χ0n) is 16.0. The monoisotopic (exact) mass is 496 g/mol. The molecule has 7 heteroatoms. The Balaban J connectivity index is 0.00000280. The van der Waals surface area contributed by atoms with Gasteiger partial charge in [0, 0.05) is 39.6 Å². The van der Waals surface area contributed by atoms with Gasteiger partial charge in [-0.25, -0.2) is 4.39 Å². The Labute approximate surface area is 182 Å². The average Bonchev–Trinajstić information content (AvgIpc) is 3.13. The maximum atomic E-state index is 12.9. The molecule has 0 atom stereocenters. The van der Waals surface area contributed by atoms with Gasteiger partial charge in [-0.1, -0.05) is 36.4 Å². The fourth-order valence-corrected chi connectivity index (χ4v) is 3.12. The van der Waals surface area contributed by atoms with Crippen molar-refractivity contribution < 1.29 is 9.18 Å². The highest BCUT2D eigenvalue weighted by atomic mass is 127. The van der Waals surface area contributed by atoms with Gasteiger partial charge in [-0.15, -0.1) is 24.0 Å². The molecule has 5 nitrogen and oxygen atoms in total. The summed E-state index contributed by atoms with van der Waals surface area (Å²) in [6, 6.07) is 14.6. The van der Waals surface area contributed by atoms with Gasteiger partial charge in [0.1, 0.15) is 5.82 Å². The van der Waals surface area contributed by atoms with Crippen LogP contribution in [-0.2, 0) is 24.4 Å². The van der Waals surface area contributed by atoms with Crippen molar-refractivity contribution in [2.75, 3.05) is 13.6 Å². The van der Waals surface area contributed by atoms with E-state index in [-0.39, 0.29) is 35.7 Å². The highest BCUT2D eigenvalue weighted by Gasteiger charge is 2.22. The van der Waals surface area contributed by atoms with Crippen LogP contribution in [0.5, 0.6) is 0 Å². The number of amides is 1. The Kier molecular flexibility index (Phi) is 8.69. The summed E-state index contributed by atoms with van der Waals surface area (Å²) in [5, 5.41) is 6.39. The molecule has 2 aromatic rings. The molecule has 0 spiro atoms. The Morgan fingerprint density at radius 2 is 1.71 bits per heavy atom. The van der Waals surface area contributed by atoms with Crippen LogP contribution in [-0.4, -0.2) is 30.4 Å². The minimum absolute atomic E-state index is 0. The number of benzene rings is 2. The quantitative estimate of drug-likeness (QED) is 0.279. The number of hydrogen-bond donors (Lipinski definition) is 2. The molecule has 1 aliphatic rings. The zero-order chi connectivity index (χ0) is 19.1. The lowest BCUT2D eigenvalue weighted by Crippen LogP contribution is -2.37. The number of carbonyl (C=O) groups excluding carboxylic acids is 1. The van der Waals surface area contributed by atoms with E-state index in [1.165, 1.54) is 23.3 Å². The summed E-state index contributed by atoms with van der Waals surface area (Å²) in [5.74, 6) is 0.606. The third-order valence-electron chi connectivity index (χ3n) is 4.65. The fraction of sp³-hybridized carbons (Fsp3) is 0.333. The number of rotatable bonds is 6. The predicted molar refractivity (Wildman–Crippen MR) is 120 cm³/mol. The van der Waals surface area contributed by atoms with Crippen molar-refractivity contribution in [1.82, 2.24) is 15.5 Å². The summed E-state index contributed by atoms with van der Waals surface area (Å²) in [6.07, 6.45) is 1.25. The first-order chi connectivity index (χ1) is 13.2. The second-order valence-corrected chi connectivity index (χ2v) is 6.60. The van der Waals surface area contributed by atoms with Crippen molar-refractivity contribution in [3.8, 4) is 0 Å². The van der Waals surface area contributed by atoms with Crippen LogP contribution in [0, 0.1) is 5.82 Å². The summed E-state index contributed by atoms with van der Waals surface area (Å²) in [4.78, 5) is 18.5. The molecule has 150 valence electrons. The molecule has 1 amide bonds. The van der Waals surface area contributed by atoms with Gasteiger partial charge in [-0.3, -0.25) is 9.79 Å². The van der Waals surface area contributed by atoms with Gasteiger partial charge in [0.05, 0.1) is 0 Å². The minimum Gasteiger partial charge on any atom is -0.356 e. The molecule has 0 unspecified atom stereocenters. The van der Waals surface area contributed by atoms with Gasteiger partial charge < -0.3 is 15.5 Å². The molecule has 1 heterocycles. The summed E-state index contributed by atoms with van der Waals surface area (Å²) in [5.41, 5.74) is 3.46. The van der Waals surface area contributed by atoms with E-state index >= 15 is 0 Å². The van der Waals surface area contributed by atoms with Gasteiger partial charge in [-0.2, -0.15) is 0 Å². The number of halogens is 2. The molecule has 2 aromatic carbocycles. The molecule has 0 saturated carbocycles. The van der Waals surface area contributed by atoms with Gasteiger partial charge in [-0.05, 0) is 35.2 Å². The van der Waals surface area contributed by atoms with Crippen LogP contribution >= 0.6 is 24.0 Å². The molecule has 0 aromatic heterocycles. The second-order valence-electron chi connectivity index (χ2n) is 6.60. The molecule has 0 bridgehead atoms. The predicted octanol–water partition coefficient (Wildman–Crippen LogP) is 3.43. The highest BCUT2D eigenvalue weighted by molar-refractivity contribution is 14.0. The lowest BCUT2D eigenvalue weighted by molar-refractivity contribution is -0.131. The third-order valence-corrected chi connectivity index (χ3v) is 4.65. The van der Waals surface area contributed by atoms with Gasteiger partial charge >= 0.3 is 0 Å². The van der Waals surface area contributed by atoms with Gasteiger partial charge in [0.2, 0.25) is 5.91 Å². The van der Waals surface area contributed by atoms with E-state index in [2.05, 4.69) is 27.8 Å². The molecule has 3 rings (SSSR count). The molecule has 28 heavy (non-hydrogen) atoms. The highest BCUT2D eigenvalue weighted by Crippen LogP contribution is 2.22. The third kappa shape index (κ3) is 6.19. The van der Waals surface area contributed by atoms with Crippen LogP contribution in [0.4, 0.5) is 4.39 Å². The lowest BCUT2D eigenvalue weighted by atomic mass is 10.1. The Hall–Kier alpha value is -2.16. The van der Waals surface area contributed by atoms with Gasteiger partial charge in [0.15, 0.2) is 5.96 Å². The number of fused-ring (bicyclic) bond motifs is 1. The molecule has 0 aliphatic carbocycles. The molecule has 0 radical (unpaired) electrons. The largest absolute Gasteiger partial charge is 0.356 e. The Morgan fingerprint density at radius 1 is 1.07 bits per heavy atom. The van der Waals surface area contributed by atoms with Crippen molar-refractivity contribution in [2.24, 2.45) is 4.99 Å². The topological polar surface area (TPSA) is 56.7 Å². The van der Waals surface area contributed by atoms with Crippen molar-refractivity contribution in [3.05, 3.63) is 71.0 Å². The first-order valence-corrected chi connectivity index (χ1v) is 9.19. The molecule has 1 aliphatic heterocycles. The molecule has 0 fully saturated rings. The summed E-state index contributed by atoms with van der Waals surface area (Å²) in [7, 11) is 1.70. The van der Waals surface area contributed by atoms with Crippen molar-refractivity contribution in [2.45, 2.75) is 32.5 Å². The van der Waals surface area contributed by atoms with Crippen molar-refractivity contribution in [1.29, 1.82) is 0 Å². The van der Waals surface area contributed by atoms with Crippen molar-refractivity contribution >= 4 is 35.8 Å². The summed E-state index contributed by atoms with van der Waals surface area (Å²) in [6.45, 7) is 2.65. The smallest absolute Gasteiger partial charge is 0.223 e. The van der Waals surface area contributed by atoms with E-state index in [9.17, 15) is 9.18 Å². The van der Waals surface area contributed by atoms with Crippen LogP contribution < -0.4 is 10.6 Å². The van der Waals surface area contributed by atoms with E-state index in [4.69, 9.17) is 0 Å². The van der Waals surface area contributed by atoms with Crippen LogP contribution in [0.2, 0.25) is 0 Å². The average molecular weight is 496 g/mol. The number of carbonyl (C=O) groups is 1. The second kappa shape index (κ2) is 11.0. The number of guanidine groups is 1. The number of hydrogen-bond acceptors (Lipinski definition) is 2. The maximum Gasteiger partial charge on any atom is 0.223 e. The van der Waals surface area contributed by atoms with E-state index < -0.39 is 0 Å². The lowest BCUT2D eigenvalue weighted by Gasteiger charge is -2.16. The number of nitrogens with one attached hydrogen (secondary N) is 2.